The zero-order chi connectivity index (χ0) is 18.7. The zero-order valence-corrected chi connectivity index (χ0v) is 16.3. The van der Waals surface area contributed by atoms with Crippen molar-refractivity contribution in [2.45, 2.75) is 0 Å². The highest BCUT2D eigenvalue weighted by Crippen LogP contribution is 2.42. The molecule has 3 nitrogen and oxygen atoms in total. The van der Waals surface area contributed by atoms with Crippen molar-refractivity contribution in [1.29, 1.82) is 0 Å². The molecule has 2 heterocycles. The SMILES string of the molecule is O.O[B]c1ccc2c(c1)c1c3sc4ccccc4c3ccc1n2-c1ccccc1. The Hall–Kier alpha value is -3.12. The first-order valence-corrected chi connectivity index (χ1v) is 10.1. The lowest BCUT2D eigenvalue weighted by Gasteiger charge is -2.07. The van der Waals surface area contributed by atoms with Gasteiger partial charge in [0.05, 0.1) is 11.0 Å². The van der Waals surface area contributed by atoms with Crippen molar-refractivity contribution < 1.29 is 10.5 Å². The molecule has 6 aromatic rings. The number of thiophene rings is 1. The summed E-state index contributed by atoms with van der Waals surface area (Å²) in [6, 6.07) is 29.7. The quantitative estimate of drug-likeness (QED) is 0.430. The highest BCUT2D eigenvalue weighted by molar-refractivity contribution is 7.26. The van der Waals surface area contributed by atoms with Gasteiger partial charge in [0.1, 0.15) is 0 Å². The van der Waals surface area contributed by atoms with Crippen LogP contribution in [0.15, 0.2) is 84.9 Å². The summed E-state index contributed by atoms with van der Waals surface area (Å²) in [5.74, 6) is 0. The second-order valence-electron chi connectivity index (χ2n) is 7.01. The van der Waals surface area contributed by atoms with Crippen LogP contribution in [0.2, 0.25) is 0 Å². The highest BCUT2D eigenvalue weighted by Gasteiger charge is 2.17. The van der Waals surface area contributed by atoms with Crippen LogP contribution < -0.4 is 5.46 Å². The molecule has 0 atom stereocenters. The van der Waals surface area contributed by atoms with Gasteiger partial charge in [-0.15, -0.1) is 11.3 Å². The third kappa shape index (κ3) is 2.52. The van der Waals surface area contributed by atoms with Gasteiger partial charge < -0.3 is 15.1 Å². The van der Waals surface area contributed by atoms with Gasteiger partial charge in [-0.1, -0.05) is 60.1 Å². The van der Waals surface area contributed by atoms with Crippen LogP contribution in [0, 0.1) is 0 Å². The van der Waals surface area contributed by atoms with Crippen molar-refractivity contribution in [1.82, 2.24) is 4.57 Å². The number of fused-ring (bicyclic) bond motifs is 7. The number of rotatable bonds is 2. The molecule has 139 valence electrons. The van der Waals surface area contributed by atoms with E-state index in [0.29, 0.717) is 0 Å². The van der Waals surface area contributed by atoms with Crippen molar-refractivity contribution in [2.75, 3.05) is 0 Å². The number of hydrogen-bond donors (Lipinski definition) is 1. The van der Waals surface area contributed by atoms with Crippen LogP contribution in [0.25, 0.3) is 47.7 Å². The molecule has 4 aromatic carbocycles. The summed E-state index contributed by atoms with van der Waals surface area (Å²) in [6.45, 7) is 0. The third-order valence-corrected chi connectivity index (χ3v) is 6.66. The van der Waals surface area contributed by atoms with E-state index in [1.807, 2.05) is 23.5 Å². The molecule has 3 N–H and O–H groups in total. The molecule has 0 spiro atoms. The fourth-order valence-electron chi connectivity index (χ4n) is 4.24. The fourth-order valence-corrected chi connectivity index (χ4v) is 5.50. The summed E-state index contributed by atoms with van der Waals surface area (Å²) in [5, 5.41) is 14.6. The van der Waals surface area contributed by atoms with Gasteiger partial charge in [-0.2, -0.15) is 0 Å². The van der Waals surface area contributed by atoms with Crippen molar-refractivity contribution in [3.05, 3.63) is 84.9 Å². The maximum Gasteiger partial charge on any atom is 0.326 e. The fraction of sp³-hybridized carbons (Fsp3) is 0. The van der Waals surface area contributed by atoms with Gasteiger partial charge in [-0.25, -0.2) is 0 Å². The maximum absolute atomic E-state index is 9.59. The van der Waals surface area contributed by atoms with E-state index in [1.54, 1.807) is 0 Å². The zero-order valence-electron chi connectivity index (χ0n) is 15.5. The van der Waals surface area contributed by atoms with Crippen molar-refractivity contribution in [3.8, 4) is 5.69 Å². The van der Waals surface area contributed by atoms with E-state index >= 15 is 0 Å². The van der Waals surface area contributed by atoms with Crippen LogP contribution in [0.4, 0.5) is 0 Å². The molecule has 0 amide bonds. The van der Waals surface area contributed by atoms with Crippen LogP contribution in [0.3, 0.4) is 0 Å². The topological polar surface area (TPSA) is 56.7 Å². The summed E-state index contributed by atoms with van der Waals surface area (Å²) >= 11 is 1.84. The van der Waals surface area contributed by atoms with E-state index in [-0.39, 0.29) is 5.48 Å². The standard InChI is InChI=1S/C24H15BNOS.H2O/c27-25-15-10-12-20-19(14-15)23-21(26(20)16-6-2-1-3-7-16)13-11-18-17-8-4-5-9-22(17)28-24(18)23;/h1-14,27H;1H2. The first kappa shape index (κ1) is 17.9. The van der Waals surface area contributed by atoms with E-state index in [9.17, 15) is 5.02 Å². The predicted molar refractivity (Wildman–Crippen MR) is 125 cm³/mol. The summed E-state index contributed by atoms with van der Waals surface area (Å²) in [6.07, 6.45) is 0. The largest absolute Gasteiger partial charge is 0.450 e. The normalized spacial score (nSPS) is 11.3. The monoisotopic (exact) mass is 394 g/mol. The van der Waals surface area contributed by atoms with E-state index < -0.39 is 0 Å². The summed E-state index contributed by atoms with van der Waals surface area (Å²) in [5.41, 5.74) is 4.30. The van der Waals surface area contributed by atoms with Crippen molar-refractivity contribution in [3.63, 3.8) is 0 Å². The summed E-state index contributed by atoms with van der Waals surface area (Å²) in [4.78, 5) is 0. The van der Waals surface area contributed by atoms with Crippen LogP contribution in [-0.2, 0) is 0 Å². The highest BCUT2D eigenvalue weighted by atomic mass is 32.1. The smallest absolute Gasteiger partial charge is 0.326 e. The molecule has 0 saturated carbocycles. The van der Waals surface area contributed by atoms with E-state index in [4.69, 9.17) is 0 Å². The Morgan fingerprint density at radius 2 is 1.48 bits per heavy atom. The minimum atomic E-state index is 0. The molecule has 0 aliphatic carbocycles. The number of para-hydroxylation sites is 1. The van der Waals surface area contributed by atoms with Gasteiger partial charge in [0, 0.05) is 36.6 Å². The predicted octanol–water partition coefficient (Wildman–Crippen LogP) is 4.56. The molecule has 0 bridgehead atoms. The first-order valence-electron chi connectivity index (χ1n) is 9.26. The Morgan fingerprint density at radius 1 is 0.724 bits per heavy atom. The summed E-state index contributed by atoms with van der Waals surface area (Å²) < 4.78 is 4.92. The number of nitrogens with zero attached hydrogens (tertiary/aromatic N) is 1. The molecular weight excluding hydrogens is 377 g/mol. The van der Waals surface area contributed by atoms with Crippen LogP contribution in [-0.4, -0.2) is 22.5 Å². The van der Waals surface area contributed by atoms with Gasteiger partial charge >= 0.3 is 7.48 Å². The van der Waals surface area contributed by atoms with E-state index in [2.05, 4.69) is 77.4 Å². The third-order valence-electron chi connectivity index (χ3n) is 5.46. The number of hydrogen-bond acceptors (Lipinski definition) is 2. The Balaban J connectivity index is 0.00000181. The molecule has 0 saturated heterocycles. The first-order chi connectivity index (χ1) is 13.8. The lowest BCUT2D eigenvalue weighted by atomic mass is 9.88. The Morgan fingerprint density at radius 3 is 2.31 bits per heavy atom. The second-order valence-corrected chi connectivity index (χ2v) is 8.06. The van der Waals surface area contributed by atoms with Gasteiger partial charge in [0.25, 0.3) is 0 Å². The minimum absolute atomic E-state index is 0. The van der Waals surface area contributed by atoms with E-state index in [1.165, 1.54) is 43.9 Å². The molecule has 0 aliphatic heterocycles. The van der Waals surface area contributed by atoms with Crippen LogP contribution in [0.1, 0.15) is 0 Å². The lowest BCUT2D eigenvalue weighted by molar-refractivity contribution is 0.615. The molecule has 5 heteroatoms. The molecule has 0 aliphatic rings. The Bertz CT molecular complexity index is 1500. The number of benzene rings is 4. The molecule has 29 heavy (non-hydrogen) atoms. The van der Waals surface area contributed by atoms with Gasteiger partial charge in [0.15, 0.2) is 0 Å². The van der Waals surface area contributed by atoms with Crippen LogP contribution in [0.5, 0.6) is 0 Å². The molecule has 2 aromatic heterocycles. The van der Waals surface area contributed by atoms with Crippen molar-refractivity contribution in [2.24, 2.45) is 0 Å². The molecule has 1 radical (unpaired) electrons. The maximum atomic E-state index is 9.59. The molecular formula is C24H17BNO2S. The second kappa shape index (κ2) is 6.74. The van der Waals surface area contributed by atoms with Gasteiger partial charge in [-0.3, -0.25) is 0 Å². The van der Waals surface area contributed by atoms with Gasteiger partial charge in [0.2, 0.25) is 0 Å². The van der Waals surface area contributed by atoms with E-state index in [0.717, 1.165) is 16.7 Å². The Kier molecular flexibility index (Phi) is 4.17. The average Bonchev–Trinajstić information content (AvgIpc) is 3.29. The van der Waals surface area contributed by atoms with Crippen molar-refractivity contribution >= 4 is 66.3 Å². The molecule has 0 unspecified atom stereocenters. The Labute approximate surface area is 172 Å². The minimum Gasteiger partial charge on any atom is -0.450 e. The average molecular weight is 394 g/mol. The lowest BCUT2D eigenvalue weighted by Crippen LogP contribution is -2.12. The van der Waals surface area contributed by atoms with Crippen LogP contribution >= 0.6 is 11.3 Å². The van der Waals surface area contributed by atoms with Gasteiger partial charge in [-0.05, 0) is 30.3 Å². The molecule has 6 rings (SSSR count). The molecule has 0 fully saturated rings. The summed E-state index contributed by atoms with van der Waals surface area (Å²) in [7, 11) is 1.18. The number of aromatic nitrogens is 1.